The summed E-state index contributed by atoms with van der Waals surface area (Å²) in [6, 6.07) is 10.00. The van der Waals surface area contributed by atoms with Gasteiger partial charge in [-0.05, 0) is 25.5 Å². The fourth-order valence-electron chi connectivity index (χ4n) is 3.05. The minimum atomic E-state index is -0.0660. The Bertz CT molecular complexity index is 835. The number of hydrogen-bond acceptors (Lipinski definition) is 4. The number of aromatic nitrogens is 3. The lowest BCUT2D eigenvalue weighted by Gasteiger charge is -2.16. The van der Waals surface area contributed by atoms with Crippen LogP contribution in [0.2, 0.25) is 0 Å². The molecule has 1 atom stereocenters. The summed E-state index contributed by atoms with van der Waals surface area (Å²) in [7, 11) is 0. The first-order valence-electron chi connectivity index (χ1n) is 7.36. The van der Waals surface area contributed by atoms with Gasteiger partial charge in [0.25, 0.3) is 5.91 Å². The molecule has 2 aromatic heterocycles. The third-order valence-electron chi connectivity index (χ3n) is 4.17. The highest BCUT2D eigenvalue weighted by atomic mass is 16.5. The molecule has 1 amide bonds. The van der Waals surface area contributed by atoms with Gasteiger partial charge in [-0.25, -0.2) is 4.98 Å². The predicted molar refractivity (Wildman–Crippen MR) is 80.5 cm³/mol. The fraction of sp³-hybridized carbons (Fsp3) is 0.312. The van der Waals surface area contributed by atoms with Crippen molar-refractivity contribution in [3.8, 4) is 0 Å². The lowest BCUT2D eigenvalue weighted by molar-refractivity contribution is 0.0777. The topological polar surface area (TPSA) is 64.2 Å². The molecule has 4 rings (SSSR count). The smallest absolute Gasteiger partial charge is 0.276 e. The summed E-state index contributed by atoms with van der Waals surface area (Å²) in [5.74, 6) is 0.587. The highest BCUT2D eigenvalue weighted by molar-refractivity contribution is 5.92. The van der Waals surface area contributed by atoms with Crippen molar-refractivity contribution in [2.24, 2.45) is 0 Å². The Morgan fingerprint density at radius 3 is 3.05 bits per heavy atom. The van der Waals surface area contributed by atoms with Crippen LogP contribution in [0.25, 0.3) is 11.0 Å². The second-order valence-electron chi connectivity index (χ2n) is 5.66. The molecule has 1 aliphatic heterocycles. The van der Waals surface area contributed by atoms with Crippen LogP contribution in [0, 0.1) is 6.92 Å². The number of amides is 1. The van der Waals surface area contributed by atoms with Gasteiger partial charge in [-0.3, -0.25) is 4.79 Å². The average molecular weight is 296 g/mol. The number of fused-ring (bicyclic) bond motifs is 1. The van der Waals surface area contributed by atoms with Crippen molar-refractivity contribution in [1.82, 2.24) is 19.6 Å². The lowest BCUT2D eigenvalue weighted by Crippen LogP contribution is -2.29. The van der Waals surface area contributed by atoms with Crippen LogP contribution in [0.15, 0.2) is 41.2 Å². The first-order valence-corrected chi connectivity index (χ1v) is 7.36. The Balaban J connectivity index is 1.56. The molecule has 0 saturated carbocycles. The molecule has 0 N–H and O–H groups in total. The largest absolute Gasteiger partial charge is 0.361 e. The molecule has 1 aliphatic rings. The molecular formula is C16H16N4O2. The zero-order chi connectivity index (χ0) is 15.1. The van der Waals surface area contributed by atoms with Crippen LogP contribution in [0.1, 0.15) is 28.7 Å². The Labute approximate surface area is 127 Å². The summed E-state index contributed by atoms with van der Waals surface area (Å²) in [6.07, 6.45) is 2.78. The highest BCUT2D eigenvalue weighted by Gasteiger charge is 2.30. The molecule has 1 unspecified atom stereocenters. The van der Waals surface area contributed by atoms with E-state index in [0.717, 1.165) is 24.0 Å². The maximum absolute atomic E-state index is 12.4. The number of aryl methyl sites for hydroxylation is 1. The van der Waals surface area contributed by atoms with Gasteiger partial charge in [0.15, 0.2) is 5.69 Å². The minimum absolute atomic E-state index is 0.0660. The number of carbonyl (C=O) groups excluding carboxylic acids is 1. The summed E-state index contributed by atoms with van der Waals surface area (Å²) in [6.45, 7) is 3.18. The van der Waals surface area contributed by atoms with Crippen molar-refractivity contribution in [2.45, 2.75) is 19.4 Å². The maximum atomic E-state index is 12.4. The van der Waals surface area contributed by atoms with E-state index < -0.39 is 0 Å². The molecule has 3 aromatic rings. The molecule has 3 heterocycles. The Morgan fingerprint density at radius 2 is 2.23 bits per heavy atom. The van der Waals surface area contributed by atoms with E-state index in [4.69, 9.17) is 4.52 Å². The number of para-hydroxylation sites is 2. The van der Waals surface area contributed by atoms with Crippen LogP contribution in [0.5, 0.6) is 0 Å². The molecule has 6 nitrogen and oxygen atoms in total. The molecule has 1 aromatic carbocycles. The second kappa shape index (κ2) is 4.98. The van der Waals surface area contributed by atoms with E-state index in [0.29, 0.717) is 18.0 Å². The van der Waals surface area contributed by atoms with E-state index in [-0.39, 0.29) is 11.9 Å². The Kier molecular flexibility index (Phi) is 2.96. The van der Waals surface area contributed by atoms with E-state index >= 15 is 0 Å². The van der Waals surface area contributed by atoms with Gasteiger partial charge >= 0.3 is 0 Å². The number of rotatable bonds is 2. The molecule has 0 radical (unpaired) electrons. The van der Waals surface area contributed by atoms with E-state index in [1.807, 2.05) is 29.4 Å². The van der Waals surface area contributed by atoms with Gasteiger partial charge in [-0.2, -0.15) is 0 Å². The number of likely N-dealkylation sites (tertiary alicyclic amines) is 1. The van der Waals surface area contributed by atoms with Crippen molar-refractivity contribution in [1.29, 1.82) is 0 Å². The lowest BCUT2D eigenvalue weighted by atomic mass is 10.2. The monoisotopic (exact) mass is 296 g/mol. The molecule has 1 saturated heterocycles. The molecular weight excluding hydrogens is 280 g/mol. The van der Waals surface area contributed by atoms with Gasteiger partial charge < -0.3 is 14.0 Å². The van der Waals surface area contributed by atoms with Crippen molar-refractivity contribution in [3.05, 3.63) is 48.1 Å². The van der Waals surface area contributed by atoms with Gasteiger partial charge in [0, 0.05) is 19.2 Å². The average Bonchev–Trinajstić information content (AvgIpc) is 3.24. The van der Waals surface area contributed by atoms with E-state index in [1.54, 1.807) is 13.0 Å². The van der Waals surface area contributed by atoms with Crippen molar-refractivity contribution in [3.63, 3.8) is 0 Å². The molecule has 22 heavy (non-hydrogen) atoms. The molecule has 0 bridgehead atoms. The van der Waals surface area contributed by atoms with Crippen molar-refractivity contribution >= 4 is 16.9 Å². The van der Waals surface area contributed by atoms with Gasteiger partial charge in [-0.1, -0.05) is 17.3 Å². The SMILES string of the molecule is Cc1cc(C(=O)N2CCC(n3cnc4ccccc43)C2)no1. The first kappa shape index (κ1) is 13.1. The maximum Gasteiger partial charge on any atom is 0.276 e. The van der Waals surface area contributed by atoms with Gasteiger partial charge in [0.2, 0.25) is 0 Å². The third kappa shape index (κ3) is 2.07. The number of hydrogen-bond donors (Lipinski definition) is 0. The standard InChI is InChI=1S/C16H16N4O2/c1-11-8-14(18-22-11)16(21)19-7-6-12(9-19)20-10-17-13-4-2-3-5-15(13)20/h2-5,8,10,12H,6-7,9H2,1H3. The molecule has 1 fully saturated rings. The van der Waals surface area contributed by atoms with Gasteiger partial charge in [0.1, 0.15) is 5.76 Å². The van der Waals surface area contributed by atoms with Crippen LogP contribution in [-0.4, -0.2) is 38.6 Å². The highest BCUT2D eigenvalue weighted by Crippen LogP contribution is 2.26. The normalized spacial score (nSPS) is 18.2. The molecule has 0 aliphatic carbocycles. The number of imidazole rings is 1. The summed E-state index contributed by atoms with van der Waals surface area (Å²) < 4.78 is 7.15. The quantitative estimate of drug-likeness (QED) is 0.728. The van der Waals surface area contributed by atoms with E-state index in [2.05, 4.69) is 20.8 Å². The Hall–Kier alpha value is -2.63. The Morgan fingerprint density at radius 1 is 1.36 bits per heavy atom. The van der Waals surface area contributed by atoms with Crippen LogP contribution < -0.4 is 0 Å². The zero-order valence-corrected chi connectivity index (χ0v) is 12.3. The van der Waals surface area contributed by atoms with E-state index in [9.17, 15) is 4.79 Å². The second-order valence-corrected chi connectivity index (χ2v) is 5.66. The van der Waals surface area contributed by atoms with Crippen LogP contribution in [0.3, 0.4) is 0 Å². The molecule has 112 valence electrons. The molecule has 6 heteroatoms. The summed E-state index contributed by atoms with van der Waals surface area (Å²) in [5.41, 5.74) is 2.48. The van der Waals surface area contributed by atoms with Crippen LogP contribution in [0.4, 0.5) is 0 Å². The van der Waals surface area contributed by atoms with Crippen molar-refractivity contribution < 1.29 is 9.32 Å². The number of benzene rings is 1. The summed E-state index contributed by atoms with van der Waals surface area (Å²) >= 11 is 0. The zero-order valence-electron chi connectivity index (χ0n) is 12.3. The third-order valence-corrected chi connectivity index (χ3v) is 4.17. The predicted octanol–water partition coefficient (Wildman–Crippen LogP) is 2.42. The van der Waals surface area contributed by atoms with Crippen LogP contribution in [-0.2, 0) is 0 Å². The number of nitrogens with zero attached hydrogens (tertiary/aromatic N) is 4. The molecule has 0 spiro atoms. The van der Waals surface area contributed by atoms with E-state index in [1.165, 1.54) is 0 Å². The number of carbonyl (C=O) groups is 1. The minimum Gasteiger partial charge on any atom is -0.361 e. The summed E-state index contributed by atoms with van der Waals surface area (Å²) in [4.78, 5) is 18.7. The van der Waals surface area contributed by atoms with Gasteiger partial charge in [0.05, 0.1) is 23.4 Å². The van der Waals surface area contributed by atoms with Crippen LogP contribution >= 0.6 is 0 Å². The summed E-state index contributed by atoms with van der Waals surface area (Å²) in [5, 5.41) is 3.81. The van der Waals surface area contributed by atoms with Gasteiger partial charge in [-0.15, -0.1) is 0 Å². The van der Waals surface area contributed by atoms with Crippen molar-refractivity contribution in [2.75, 3.05) is 13.1 Å². The fourth-order valence-corrected chi connectivity index (χ4v) is 3.05. The first-order chi connectivity index (χ1) is 10.7.